The lowest BCUT2D eigenvalue weighted by atomic mass is 9.95. The standard InChI is InChI=1S/C15H23N3O2/c1-3-8-16-12-5-6-13(17-10-12)14(19)18-9-4-7-15(2,20)11-18/h5-6,10,16,20H,3-4,7-9,11H2,1-2H3. The second kappa shape index (κ2) is 6.22. The molecular weight excluding hydrogens is 254 g/mol. The van der Waals surface area contributed by atoms with Gasteiger partial charge in [0.05, 0.1) is 17.5 Å². The van der Waals surface area contributed by atoms with E-state index in [2.05, 4.69) is 17.2 Å². The van der Waals surface area contributed by atoms with Crippen LogP contribution in [0.3, 0.4) is 0 Å². The topological polar surface area (TPSA) is 65.5 Å². The highest BCUT2D eigenvalue weighted by Gasteiger charge is 2.31. The average molecular weight is 277 g/mol. The number of aliphatic hydroxyl groups is 1. The molecule has 1 saturated heterocycles. The quantitative estimate of drug-likeness (QED) is 0.882. The van der Waals surface area contributed by atoms with Crippen molar-refractivity contribution in [1.29, 1.82) is 0 Å². The van der Waals surface area contributed by atoms with Crippen molar-refractivity contribution >= 4 is 11.6 Å². The van der Waals surface area contributed by atoms with E-state index in [0.29, 0.717) is 18.8 Å². The fourth-order valence-corrected chi connectivity index (χ4v) is 2.45. The molecular formula is C15H23N3O2. The number of anilines is 1. The highest BCUT2D eigenvalue weighted by atomic mass is 16.3. The number of rotatable bonds is 4. The van der Waals surface area contributed by atoms with E-state index in [0.717, 1.165) is 31.5 Å². The molecule has 1 unspecified atom stereocenters. The Morgan fingerprint density at radius 2 is 2.35 bits per heavy atom. The third-order valence-electron chi connectivity index (χ3n) is 3.52. The minimum Gasteiger partial charge on any atom is -0.388 e. The maximum Gasteiger partial charge on any atom is 0.272 e. The first-order chi connectivity index (χ1) is 9.52. The van der Waals surface area contributed by atoms with Crippen LogP contribution in [0.2, 0.25) is 0 Å². The Labute approximate surface area is 120 Å². The van der Waals surface area contributed by atoms with Crippen LogP contribution in [0.5, 0.6) is 0 Å². The summed E-state index contributed by atoms with van der Waals surface area (Å²) in [6, 6.07) is 3.61. The summed E-state index contributed by atoms with van der Waals surface area (Å²) in [6.07, 6.45) is 4.30. The summed E-state index contributed by atoms with van der Waals surface area (Å²) < 4.78 is 0. The first-order valence-electron chi connectivity index (χ1n) is 7.23. The van der Waals surface area contributed by atoms with Gasteiger partial charge in [-0.25, -0.2) is 4.98 Å². The van der Waals surface area contributed by atoms with Crippen molar-refractivity contribution < 1.29 is 9.90 Å². The molecule has 5 heteroatoms. The highest BCUT2D eigenvalue weighted by Crippen LogP contribution is 2.21. The number of pyridine rings is 1. The van der Waals surface area contributed by atoms with Gasteiger partial charge < -0.3 is 15.3 Å². The summed E-state index contributed by atoms with van der Waals surface area (Å²) in [5.74, 6) is -0.105. The molecule has 0 aromatic carbocycles. The number of nitrogens with zero attached hydrogens (tertiary/aromatic N) is 2. The average Bonchev–Trinajstić information content (AvgIpc) is 2.44. The van der Waals surface area contributed by atoms with Gasteiger partial charge in [-0.05, 0) is 38.3 Å². The van der Waals surface area contributed by atoms with Crippen LogP contribution >= 0.6 is 0 Å². The van der Waals surface area contributed by atoms with E-state index in [1.807, 2.05) is 6.07 Å². The molecule has 20 heavy (non-hydrogen) atoms. The number of carbonyl (C=O) groups is 1. The van der Waals surface area contributed by atoms with Crippen LogP contribution in [0, 0.1) is 0 Å². The molecule has 0 aliphatic carbocycles. The largest absolute Gasteiger partial charge is 0.388 e. The predicted molar refractivity (Wildman–Crippen MR) is 78.8 cm³/mol. The van der Waals surface area contributed by atoms with Crippen LogP contribution in [-0.4, -0.2) is 46.1 Å². The second-order valence-electron chi connectivity index (χ2n) is 5.69. The SMILES string of the molecule is CCCNc1ccc(C(=O)N2CCCC(C)(O)C2)nc1. The van der Waals surface area contributed by atoms with Crippen LogP contribution in [-0.2, 0) is 0 Å². The molecule has 1 fully saturated rings. The zero-order chi connectivity index (χ0) is 14.6. The van der Waals surface area contributed by atoms with E-state index in [4.69, 9.17) is 0 Å². The van der Waals surface area contributed by atoms with Gasteiger partial charge in [-0.1, -0.05) is 6.92 Å². The Morgan fingerprint density at radius 1 is 1.55 bits per heavy atom. The number of nitrogens with one attached hydrogen (secondary N) is 1. The summed E-state index contributed by atoms with van der Waals surface area (Å²) in [6.45, 7) is 5.83. The summed E-state index contributed by atoms with van der Waals surface area (Å²) in [4.78, 5) is 18.2. The molecule has 1 aliphatic heterocycles. The summed E-state index contributed by atoms with van der Waals surface area (Å²) in [5, 5.41) is 13.3. The Balaban J connectivity index is 2.01. The van der Waals surface area contributed by atoms with Crippen LogP contribution in [0.1, 0.15) is 43.6 Å². The maximum atomic E-state index is 12.3. The van der Waals surface area contributed by atoms with Gasteiger partial charge >= 0.3 is 0 Å². The lowest BCUT2D eigenvalue weighted by molar-refractivity contribution is -0.0109. The minimum absolute atomic E-state index is 0.105. The Kier molecular flexibility index (Phi) is 4.60. The fourth-order valence-electron chi connectivity index (χ4n) is 2.45. The van der Waals surface area contributed by atoms with E-state index in [1.165, 1.54) is 0 Å². The van der Waals surface area contributed by atoms with Crippen LogP contribution in [0.25, 0.3) is 0 Å². The van der Waals surface area contributed by atoms with Crippen molar-refractivity contribution in [3.05, 3.63) is 24.0 Å². The Hall–Kier alpha value is -1.62. The Bertz CT molecular complexity index is 457. The molecule has 1 atom stereocenters. The maximum absolute atomic E-state index is 12.3. The van der Waals surface area contributed by atoms with Gasteiger partial charge in [0.25, 0.3) is 5.91 Å². The summed E-state index contributed by atoms with van der Waals surface area (Å²) >= 11 is 0. The smallest absolute Gasteiger partial charge is 0.272 e. The van der Waals surface area contributed by atoms with Gasteiger partial charge in [0, 0.05) is 19.6 Å². The van der Waals surface area contributed by atoms with E-state index < -0.39 is 5.60 Å². The summed E-state index contributed by atoms with van der Waals surface area (Å²) in [5.41, 5.74) is 0.579. The molecule has 1 aromatic heterocycles. The number of likely N-dealkylation sites (tertiary alicyclic amines) is 1. The predicted octanol–water partition coefficient (Wildman–Crippen LogP) is 1.89. The lowest BCUT2D eigenvalue weighted by Gasteiger charge is -2.36. The van der Waals surface area contributed by atoms with E-state index in [9.17, 15) is 9.90 Å². The number of piperidine rings is 1. The van der Waals surface area contributed by atoms with Gasteiger partial charge in [0.1, 0.15) is 5.69 Å². The molecule has 0 saturated carbocycles. The zero-order valence-corrected chi connectivity index (χ0v) is 12.2. The van der Waals surface area contributed by atoms with Crippen LogP contribution < -0.4 is 5.32 Å². The fraction of sp³-hybridized carbons (Fsp3) is 0.600. The number of carbonyl (C=O) groups excluding carboxylic acids is 1. The second-order valence-corrected chi connectivity index (χ2v) is 5.69. The number of amides is 1. The van der Waals surface area contributed by atoms with Crippen molar-refractivity contribution in [2.45, 2.75) is 38.7 Å². The van der Waals surface area contributed by atoms with Gasteiger partial charge in [-0.15, -0.1) is 0 Å². The molecule has 1 amide bonds. The molecule has 0 spiro atoms. The first-order valence-corrected chi connectivity index (χ1v) is 7.23. The molecule has 2 rings (SSSR count). The van der Waals surface area contributed by atoms with Crippen molar-refractivity contribution in [1.82, 2.24) is 9.88 Å². The molecule has 0 radical (unpaired) electrons. The first kappa shape index (κ1) is 14.8. The van der Waals surface area contributed by atoms with Gasteiger partial charge in [-0.2, -0.15) is 0 Å². The van der Waals surface area contributed by atoms with Gasteiger partial charge in [-0.3, -0.25) is 4.79 Å². The number of aromatic nitrogens is 1. The molecule has 2 heterocycles. The van der Waals surface area contributed by atoms with E-state index >= 15 is 0 Å². The molecule has 5 nitrogen and oxygen atoms in total. The zero-order valence-electron chi connectivity index (χ0n) is 12.2. The minimum atomic E-state index is -0.781. The number of hydrogen-bond acceptors (Lipinski definition) is 4. The number of β-amino-alcohol motifs (C(OH)–C–C–N with tert-alkyl or cyclic N) is 1. The Morgan fingerprint density at radius 3 is 2.95 bits per heavy atom. The van der Waals surface area contributed by atoms with Gasteiger partial charge in [0.2, 0.25) is 0 Å². The van der Waals surface area contributed by atoms with Crippen LogP contribution in [0.4, 0.5) is 5.69 Å². The normalized spacial score (nSPS) is 22.6. The van der Waals surface area contributed by atoms with Crippen molar-refractivity contribution in [2.75, 3.05) is 25.0 Å². The molecule has 110 valence electrons. The van der Waals surface area contributed by atoms with E-state index in [1.54, 1.807) is 24.1 Å². The van der Waals surface area contributed by atoms with Gasteiger partial charge in [0.15, 0.2) is 0 Å². The van der Waals surface area contributed by atoms with Crippen molar-refractivity contribution in [3.8, 4) is 0 Å². The molecule has 1 aromatic rings. The highest BCUT2D eigenvalue weighted by molar-refractivity contribution is 5.92. The molecule has 1 aliphatic rings. The molecule has 2 N–H and O–H groups in total. The third-order valence-corrected chi connectivity index (χ3v) is 3.52. The molecule has 0 bridgehead atoms. The van der Waals surface area contributed by atoms with Crippen molar-refractivity contribution in [2.24, 2.45) is 0 Å². The van der Waals surface area contributed by atoms with Crippen LogP contribution in [0.15, 0.2) is 18.3 Å². The van der Waals surface area contributed by atoms with Crippen molar-refractivity contribution in [3.63, 3.8) is 0 Å². The number of hydrogen-bond donors (Lipinski definition) is 2. The van der Waals surface area contributed by atoms with E-state index in [-0.39, 0.29) is 5.91 Å². The monoisotopic (exact) mass is 277 g/mol. The summed E-state index contributed by atoms with van der Waals surface area (Å²) in [7, 11) is 0. The lowest BCUT2D eigenvalue weighted by Crippen LogP contribution is -2.48. The third kappa shape index (κ3) is 3.70.